The highest BCUT2D eigenvalue weighted by Gasteiger charge is 1.96. The van der Waals surface area contributed by atoms with Gasteiger partial charge >= 0.3 is 5.97 Å². The number of hydrogen-bond donors (Lipinski definition) is 1. The van der Waals surface area contributed by atoms with Crippen LogP contribution in [0.25, 0.3) is 0 Å². The molecule has 0 saturated heterocycles. The van der Waals surface area contributed by atoms with Crippen LogP contribution >= 0.6 is 0 Å². The van der Waals surface area contributed by atoms with Crippen LogP contribution in [0.15, 0.2) is 0 Å². The summed E-state index contributed by atoms with van der Waals surface area (Å²) < 4.78 is 3.90. The zero-order chi connectivity index (χ0) is 7.28. The number of aliphatic hydroxyl groups is 1. The smallest absolute Gasteiger partial charge is 0.332 e. The monoisotopic (exact) mass is 197 g/mol. The van der Waals surface area contributed by atoms with E-state index in [-0.39, 0.29) is 29.7 Å². The van der Waals surface area contributed by atoms with Crippen molar-refractivity contribution in [3.8, 4) is 0 Å². The molecule has 84 valence electrons. The van der Waals surface area contributed by atoms with Crippen LogP contribution in [-0.4, -0.2) is 30.3 Å². The van der Waals surface area contributed by atoms with Gasteiger partial charge in [-0.05, 0) is 0 Å². The Morgan fingerprint density at radius 2 is 1.54 bits per heavy atom. The second kappa shape index (κ2) is 17.1. The predicted octanol–water partition coefficient (Wildman–Crippen LogP) is -0.184. The summed E-state index contributed by atoms with van der Waals surface area (Å²) in [7, 11) is 0. The van der Waals surface area contributed by atoms with Crippen molar-refractivity contribution in [2.24, 2.45) is 0 Å². The van der Waals surface area contributed by atoms with Crippen LogP contribution in [0.5, 0.6) is 0 Å². The average Bonchev–Trinajstić information content (AvgIpc) is 1.83. The maximum Gasteiger partial charge on any atom is 0.332 e. The Morgan fingerprint density at radius 3 is 1.77 bits per heavy atom. The summed E-state index contributed by atoms with van der Waals surface area (Å²) >= 11 is 0. The predicted molar refractivity (Wildman–Crippen MR) is 50.0 cm³/mol. The van der Waals surface area contributed by atoms with Gasteiger partial charge in [-0.1, -0.05) is 29.7 Å². The minimum atomic E-state index is -1.49. The molecule has 0 amide bonds. The summed E-state index contributed by atoms with van der Waals surface area (Å²) in [5, 5.41) is 17.5. The van der Waals surface area contributed by atoms with Crippen molar-refractivity contribution < 1.29 is 24.5 Å². The Hall–Kier alpha value is -1.10. The largest absolute Gasteiger partial charge is 0.546 e. The minimum Gasteiger partial charge on any atom is -0.546 e. The zero-order valence-electron chi connectivity index (χ0n) is 4.49. The van der Waals surface area contributed by atoms with Crippen molar-refractivity contribution in [3.63, 3.8) is 0 Å². The second-order valence-corrected chi connectivity index (χ2v) is 1.19. The summed E-state index contributed by atoms with van der Waals surface area (Å²) in [6, 6.07) is 0. The van der Waals surface area contributed by atoms with Crippen molar-refractivity contribution in [2.45, 2.75) is 29.7 Å². The molecule has 13 heavy (non-hydrogen) atoms. The highest BCUT2D eigenvalue weighted by Crippen LogP contribution is 1.73. The van der Waals surface area contributed by atoms with E-state index >= 15 is 0 Å². The van der Waals surface area contributed by atoms with Gasteiger partial charge in [0, 0.05) is 0 Å². The number of aliphatic hydroxyl groups excluding tert-OH is 1. The molecule has 0 rings (SSSR count). The van der Waals surface area contributed by atoms with Gasteiger partial charge in [0.2, 0.25) is 0 Å². The molecule has 0 bridgehead atoms. The van der Waals surface area contributed by atoms with E-state index in [1.807, 2.05) is 0 Å². The maximum absolute atomic E-state index is 9.95. The molecular formula is C8H21O5-. The molecular weight excluding hydrogens is 176 g/mol. The molecule has 0 aromatic rings. The molecule has 1 N–H and O–H groups in total. The van der Waals surface area contributed by atoms with E-state index in [1.54, 1.807) is 0 Å². The van der Waals surface area contributed by atoms with Crippen molar-refractivity contribution in [2.75, 3.05) is 13.2 Å². The fourth-order valence-electron chi connectivity index (χ4n) is 0.185. The molecule has 0 atom stereocenters. The number of carbonyl (C=O) groups excluding carboxylic acids is 2. The van der Waals surface area contributed by atoms with Crippen LogP contribution in [0.4, 0.5) is 0 Å². The first-order chi connectivity index (χ1) is 4.16. The molecule has 0 spiro atoms. The van der Waals surface area contributed by atoms with Crippen LogP contribution in [0.2, 0.25) is 0 Å². The number of carboxylic acids is 1. The topological polar surface area (TPSA) is 86.7 Å². The van der Waals surface area contributed by atoms with E-state index in [0.717, 1.165) is 0 Å². The van der Waals surface area contributed by atoms with Crippen molar-refractivity contribution >= 4 is 11.9 Å². The van der Waals surface area contributed by atoms with Crippen LogP contribution in [0.3, 0.4) is 0 Å². The van der Waals surface area contributed by atoms with Crippen molar-refractivity contribution in [1.29, 1.82) is 0 Å². The van der Waals surface area contributed by atoms with Gasteiger partial charge in [-0.2, -0.15) is 0 Å². The lowest BCUT2D eigenvalue weighted by molar-refractivity contribution is -0.308. The summed E-state index contributed by atoms with van der Waals surface area (Å²) in [4.78, 5) is 19.5. The fraction of sp³-hybridized carbons (Fsp3) is 0.750. The number of carbonyl (C=O) groups is 2. The quantitative estimate of drug-likeness (QED) is 0.634. The lowest BCUT2D eigenvalue weighted by atomic mass is 10.7. The van der Waals surface area contributed by atoms with Gasteiger partial charge in [0.15, 0.2) is 0 Å². The first kappa shape index (κ1) is 29.7. The lowest BCUT2D eigenvalue weighted by Crippen LogP contribution is -2.29. The number of rotatable bonds is 3. The van der Waals surface area contributed by atoms with Gasteiger partial charge in [-0.3, -0.25) is 0 Å². The molecule has 0 aliphatic heterocycles. The van der Waals surface area contributed by atoms with E-state index in [9.17, 15) is 14.7 Å². The Morgan fingerprint density at radius 1 is 1.15 bits per heavy atom. The Bertz CT molecular complexity index is 122. The lowest BCUT2D eigenvalue weighted by Gasteiger charge is -2.01. The third-order valence-corrected chi connectivity index (χ3v) is 0.480. The molecule has 5 heteroatoms. The van der Waals surface area contributed by atoms with Gasteiger partial charge in [0.05, 0.1) is 5.97 Å². The van der Waals surface area contributed by atoms with E-state index in [2.05, 4.69) is 4.74 Å². The summed E-state index contributed by atoms with van der Waals surface area (Å²) in [5.41, 5.74) is 0. The molecule has 0 fully saturated rings. The van der Waals surface area contributed by atoms with E-state index in [1.165, 1.54) is 0 Å². The standard InChI is InChI=1S/C4H6O5.4CH4/c5-1-4(8)9-2-3(6)7;;;;/h5H,1-2H2,(H,6,7);4*1H4/p-1. The normalized spacial score (nSPS) is 5.92. The Kier molecular flexibility index (Phi) is 39.1. The van der Waals surface area contributed by atoms with Gasteiger partial charge in [-0.15, -0.1) is 0 Å². The van der Waals surface area contributed by atoms with Crippen LogP contribution in [0, 0.1) is 0 Å². The summed E-state index contributed by atoms with van der Waals surface area (Å²) in [6.07, 6.45) is 0. The number of hydrogen-bond acceptors (Lipinski definition) is 5. The molecule has 0 heterocycles. The molecule has 0 radical (unpaired) electrons. The molecule has 0 aromatic carbocycles. The SMILES string of the molecule is C.C.C.C.O=C([O-])COC(=O)CO. The molecule has 0 saturated carbocycles. The maximum atomic E-state index is 9.95. The van der Waals surface area contributed by atoms with Crippen LogP contribution < -0.4 is 5.11 Å². The third-order valence-electron chi connectivity index (χ3n) is 0.480. The van der Waals surface area contributed by atoms with Gasteiger partial charge < -0.3 is 19.7 Å². The molecule has 5 nitrogen and oxygen atoms in total. The molecule has 0 aromatic heterocycles. The highest BCUT2D eigenvalue weighted by atomic mass is 16.6. The van der Waals surface area contributed by atoms with Gasteiger partial charge in [0.1, 0.15) is 13.2 Å². The molecule has 0 aliphatic carbocycles. The van der Waals surface area contributed by atoms with Crippen molar-refractivity contribution in [3.05, 3.63) is 0 Å². The third kappa shape index (κ3) is 24.8. The first-order valence-corrected chi connectivity index (χ1v) is 2.13. The number of carboxylic acid groups (broad SMARTS) is 1. The zero-order valence-corrected chi connectivity index (χ0v) is 4.49. The first-order valence-electron chi connectivity index (χ1n) is 2.13. The molecule has 0 unspecified atom stereocenters. The number of esters is 1. The Balaban J connectivity index is -0.0000000533. The van der Waals surface area contributed by atoms with E-state index < -0.39 is 25.2 Å². The number of aliphatic carboxylic acids is 1. The van der Waals surface area contributed by atoms with Crippen LogP contribution in [0.1, 0.15) is 29.7 Å². The second-order valence-electron chi connectivity index (χ2n) is 1.19. The van der Waals surface area contributed by atoms with Gasteiger partial charge in [0.25, 0.3) is 0 Å². The van der Waals surface area contributed by atoms with Crippen LogP contribution in [-0.2, 0) is 14.3 Å². The fourth-order valence-corrected chi connectivity index (χ4v) is 0.185. The van der Waals surface area contributed by atoms with E-state index in [0.29, 0.717) is 0 Å². The van der Waals surface area contributed by atoms with E-state index in [4.69, 9.17) is 5.11 Å². The summed E-state index contributed by atoms with van der Waals surface area (Å²) in [6.45, 7) is -1.62. The Labute approximate surface area is 80.3 Å². The highest BCUT2D eigenvalue weighted by molar-refractivity contribution is 5.74. The van der Waals surface area contributed by atoms with Gasteiger partial charge in [-0.25, -0.2) is 4.79 Å². The van der Waals surface area contributed by atoms with Crippen molar-refractivity contribution in [1.82, 2.24) is 0 Å². The summed E-state index contributed by atoms with van der Waals surface area (Å²) in [5.74, 6) is -2.46. The average molecular weight is 197 g/mol. The minimum absolute atomic E-state index is 0. The number of ether oxygens (including phenoxy) is 1. The molecule has 0 aliphatic rings.